The van der Waals surface area contributed by atoms with Gasteiger partial charge in [0, 0.05) is 31.9 Å². The fourth-order valence-corrected chi connectivity index (χ4v) is 3.44. The van der Waals surface area contributed by atoms with Crippen molar-refractivity contribution in [2.24, 2.45) is 4.99 Å². The molecule has 1 saturated heterocycles. The maximum atomic E-state index is 9.92. The van der Waals surface area contributed by atoms with Crippen LogP contribution in [0.2, 0.25) is 5.02 Å². The van der Waals surface area contributed by atoms with E-state index < -0.39 is 0 Å². The molecule has 0 radical (unpaired) electrons. The average molecular weight is 404 g/mol. The lowest BCUT2D eigenvalue weighted by atomic mass is 10.2. The first-order valence-corrected chi connectivity index (χ1v) is 9.74. The molecule has 0 aliphatic carbocycles. The quantitative estimate of drug-likeness (QED) is 0.508. The topological polar surface area (TPSA) is 82.0 Å². The van der Waals surface area contributed by atoms with Gasteiger partial charge in [0.15, 0.2) is 17.5 Å². The van der Waals surface area contributed by atoms with E-state index in [1.165, 1.54) is 7.11 Å². The van der Waals surface area contributed by atoms with Crippen LogP contribution in [0.3, 0.4) is 0 Å². The minimum atomic E-state index is 0.117. The Morgan fingerprint density at radius 2 is 2.29 bits per heavy atom. The average Bonchev–Trinajstić information content (AvgIpc) is 3.15. The van der Waals surface area contributed by atoms with E-state index in [0.717, 1.165) is 43.4 Å². The molecule has 150 valence electrons. The number of methoxy groups -OCH3 is 1. The van der Waals surface area contributed by atoms with Gasteiger partial charge in [-0.05, 0) is 43.2 Å². The number of phenols is 1. The van der Waals surface area contributed by atoms with Crippen LogP contribution in [0.1, 0.15) is 18.9 Å². The number of hydrogen-bond acceptors (Lipinski definition) is 5. The van der Waals surface area contributed by atoms with Gasteiger partial charge in [0.2, 0.25) is 0 Å². The molecular weight excluding hydrogens is 378 g/mol. The van der Waals surface area contributed by atoms with Gasteiger partial charge >= 0.3 is 0 Å². The van der Waals surface area contributed by atoms with Crippen molar-refractivity contribution in [1.29, 1.82) is 0 Å². The molecule has 0 spiro atoms. The number of aromatic nitrogens is 1. The number of halogens is 1. The van der Waals surface area contributed by atoms with Crippen molar-refractivity contribution in [3.05, 3.63) is 47.1 Å². The Balaban J connectivity index is 1.62. The fourth-order valence-electron chi connectivity index (χ4n) is 3.20. The van der Waals surface area contributed by atoms with Gasteiger partial charge in [0.25, 0.3) is 0 Å². The maximum Gasteiger partial charge on any atom is 0.191 e. The second kappa shape index (κ2) is 9.50. The van der Waals surface area contributed by atoms with Crippen molar-refractivity contribution in [3.63, 3.8) is 0 Å². The van der Waals surface area contributed by atoms with Crippen molar-refractivity contribution >= 4 is 23.4 Å². The Hall–Kier alpha value is -2.67. The van der Waals surface area contributed by atoms with Gasteiger partial charge in [-0.3, -0.25) is 0 Å². The Bertz CT molecular complexity index is 830. The lowest BCUT2D eigenvalue weighted by molar-refractivity contribution is 0.373. The summed E-state index contributed by atoms with van der Waals surface area (Å²) in [4.78, 5) is 11.2. The van der Waals surface area contributed by atoms with Gasteiger partial charge in [-0.2, -0.15) is 0 Å². The SMILES string of the molecule is CCNC(=NCc1ccc(OC)c(O)c1)NC1CCN(c2ncccc2Cl)C1. The summed E-state index contributed by atoms with van der Waals surface area (Å²) in [5, 5.41) is 17.3. The number of guanidine groups is 1. The Kier molecular flexibility index (Phi) is 6.81. The molecule has 7 nitrogen and oxygen atoms in total. The summed E-state index contributed by atoms with van der Waals surface area (Å²) in [6.07, 6.45) is 2.73. The molecule has 0 amide bonds. The first kappa shape index (κ1) is 20.1. The number of hydrogen-bond donors (Lipinski definition) is 3. The number of phenolic OH excluding ortho intramolecular Hbond substituents is 1. The number of benzene rings is 1. The second-order valence-electron chi connectivity index (χ2n) is 6.59. The molecule has 8 heteroatoms. The molecule has 1 aromatic heterocycles. The monoisotopic (exact) mass is 403 g/mol. The fraction of sp³-hybridized carbons (Fsp3) is 0.400. The summed E-state index contributed by atoms with van der Waals surface area (Å²) < 4.78 is 5.08. The number of rotatable bonds is 6. The third kappa shape index (κ3) is 4.98. The maximum absolute atomic E-state index is 9.92. The smallest absolute Gasteiger partial charge is 0.191 e. The summed E-state index contributed by atoms with van der Waals surface area (Å²) in [6.45, 7) is 4.95. The largest absolute Gasteiger partial charge is 0.504 e. The summed E-state index contributed by atoms with van der Waals surface area (Å²) in [5.74, 6) is 2.14. The van der Waals surface area contributed by atoms with Crippen LogP contribution < -0.4 is 20.3 Å². The molecule has 28 heavy (non-hydrogen) atoms. The predicted octanol–water partition coefficient (Wildman–Crippen LogP) is 2.78. The number of aromatic hydroxyl groups is 1. The van der Waals surface area contributed by atoms with E-state index >= 15 is 0 Å². The van der Waals surface area contributed by atoms with Crippen LogP contribution >= 0.6 is 11.6 Å². The molecule has 2 heterocycles. The zero-order valence-corrected chi connectivity index (χ0v) is 16.9. The van der Waals surface area contributed by atoms with Crippen molar-refractivity contribution < 1.29 is 9.84 Å². The minimum absolute atomic E-state index is 0.117. The standard InChI is InChI=1S/C20H26ClN5O2/c1-3-22-20(24-12-14-6-7-18(28-2)17(27)11-14)25-15-8-10-26(13-15)19-16(21)5-4-9-23-19/h4-7,9,11,15,27H,3,8,10,12-13H2,1-2H3,(H2,22,24,25). The zero-order chi connectivity index (χ0) is 19.9. The highest BCUT2D eigenvalue weighted by Gasteiger charge is 2.25. The molecule has 1 unspecified atom stereocenters. The van der Waals surface area contributed by atoms with Crippen LogP contribution in [0.5, 0.6) is 11.5 Å². The van der Waals surface area contributed by atoms with Gasteiger partial charge in [-0.1, -0.05) is 17.7 Å². The Morgan fingerprint density at radius 3 is 3.00 bits per heavy atom. The molecule has 1 aromatic carbocycles. The molecule has 2 aromatic rings. The highest BCUT2D eigenvalue weighted by atomic mass is 35.5. The van der Waals surface area contributed by atoms with Crippen molar-refractivity contribution in [3.8, 4) is 11.5 Å². The number of ether oxygens (including phenoxy) is 1. The van der Waals surface area contributed by atoms with Crippen LogP contribution in [0.15, 0.2) is 41.5 Å². The number of aliphatic imine (C=N–C) groups is 1. The normalized spacial score (nSPS) is 16.9. The van der Waals surface area contributed by atoms with Crippen LogP contribution in [-0.4, -0.2) is 48.8 Å². The van der Waals surface area contributed by atoms with Crippen molar-refractivity contribution in [1.82, 2.24) is 15.6 Å². The highest BCUT2D eigenvalue weighted by molar-refractivity contribution is 6.32. The van der Waals surface area contributed by atoms with Gasteiger partial charge < -0.3 is 25.4 Å². The van der Waals surface area contributed by atoms with Gasteiger partial charge in [0.1, 0.15) is 5.82 Å². The minimum Gasteiger partial charge on any atom is -0.504 e. The molecule has 1 fully saturated rings. The third-order valence-corrected chi connectivity index (χ3v) is 4.87. The number of pyridine rings is 1. The zero-order valence-electron chi connectivity index (χ0n) is 16.2. The van der Waals surface area contributed by atoms with Crippen molar-refractivity contribution in [2.45, 2.75) is 25.9 Å². The van der Waals surface area contributed by atoms with E-state index in [4.69, 9.17) is 16.3 Å². The summed E-state index contributed by atoms with van der Waals surface area (Å²) in [5.41, 5.74) is 0.906. The van der Waals surface area contributed by atoms with Gasteiger partial charge in [-0.25, -0.2) is 9.98 Å². The Morgan fingerprint density at radius 1 is 1.43 bits per heavy atom. The first-order valence-electron chi connectivity index (χ1n) is 9.37. The summed E-state index contributed by atoms with van der Waals surface area (Å²) in [7, 11) is 1.53. The van der Waals surface area contributed by atoms with Crippen LogP contribution in [-0.2, 0) is 6.54 Å². The number of nitrogens with one attached hydrogen (secondary N) is 2. The molecule has 1 atom stereocenters. The first-order chi connectivity index (χ1) is 13.6. The Labute approximate surface area is 170 Å². The molecule has 1 aliphatic rings. The molecule has 0 bridgehead atoms. The predicted molar refractivity (Wildman–Crippen MR) is 112 cm³/mol. The number of nitrogens with zero attached hydrogens (tertiary/aromatic N) is 3. The van der Waals surface area contributed by atoms with Gasteiger partial charge in [0.05, 0.1) is 18.7 Å². The molecule has 1 aliphatic heterocycles. The van der Waals surface area contributed by atoms with E-state index in [1.807, 2.05) is 25.1 Å². The molecular formula is C20H26ClN5O2. The summed E-state index contributed by atoms with van der Waals surface area (Å²) in [6, 6.07) is 9.26. The van der Waals surface area contributed by atoms with E-state index in [9.17, 15) is 5.11 Å². The second-order valence-corrected chi connectivity index (χ2v) is 6.99. The third-order valence-electron chi connectivity index (χ3n) is 4.57. The van der Waals surface area contributed by atoms with Crippen LogP contribution in [0.25, 0.3) is 0 Å². The van der Waals surface area contributed by atoms with E-state index in [1.54, 1.807) is 18.3 Å². The van der Waals surface area contributed by atoms with Crippen molar-refractivity contribution in [2.75, 3.05) is 31.6 Å². The lowest BCUT2D eigenvalue weighted by Gasteiger charge is -2.20. The molecule has 3 rings (SSSR count). The summed E-state index contributed by atoms with van der Waals surface area (Å²) >= 11 is 6.27. The van der Waals surface area contributed by atoms with Crippen LogP contribution in [0, 0.1) is 0 Å². The van der Waals surface area contributed by atoms with E-state index in [-0.39, 0.29) is 11.8 Å². The number of anilines is 1. The van der Waals surface area contributed by atoms with E-state index in [0.29, 0.717) is 17.3 Å². The highest BCUT2D eigenvalue weighted by Crippen LogP contribution is 2.27. The van der Waals surface area contributed by atoms with Crippen LogP contribution in [0.4, 0.5) is 5.82 Å². The van der Waals surface area contributed by atoms with E-state index in [2.05, 4.69) is 25.5 Å². The lowest BCUT2D eigenvalue weighted by Crippen LogP contribution is -2.44. The van der Waals surface area contributed by atoms with Gasteiger partial charge in [-0.15, -0.1) is 0 Å². The molecule has 0 saturated carbocycles. The molecule has 3 N–H and O–H groups in total.